The molecule has 1 heterocycles. The first-order valence-corrected chi connectivity index (χ1v) is 3.96. The van der Waals surface area contributed by atoms with Gasteiger partial charge in [-0.2, -0.15) is 0 Å². The molecule has 1 rings (SSSR count). The minimum absolute atomic E-state index is 0.0204. The zero-order valence-electron chi connectivity index (χ0n) is 7.02. The molecule has 0 saturated carbocycles. The summed E-state index contributed by atoms with van der Waals surface area (Å²) in [5.41, 5.74) is 0. The number of carbonyl (C=O) groups is 3. The average Bonchev–Trinajstić information content (AvgIpc) is 2.52. The monoisotopic (exact) mass is 186 g/mol. The summed E-state index contributed by atoms with van der Waals surface area (Å²) in [6.45, 7) is 0.109. The van der Waals surface area contributed by atoms with Crippen LogP contribution in [0.3, 0.4) is 0 Å². The lowest BCUT2D eigenvalue weighted by Gasteiger charge is -2.05. The molecular weight excluding hydrogens is 176 g/mol. The molecule has 0 radical (unpaired) electrons. The van der Waals surface area contributed by atoms with E-state index in [0.29, 0.717) is 6.29 Å². The lowest BCUT2D eigenvalue weighted by molar-refractivity contribution is -0.150. The number of Topliss-reactive ketones (excluding diaryl/α,β-unsaturated/α-hetero) is 1. The molecular formula is C8H10O5. The minimum atomic E-state index is -0.786. The molecule has 0 N–H and O–H groups in total. The van der Waals surface area contributed by atoms with Gasteiger partial charge in [0.1, 0.15) is 18.8 Å². The Morgan fingerprint density at radius 2 is 2.46 bits per heavy atom. The van der Waals surface area contributed by atoms with Gasteiger partial charge in [0.05, 0.1) is 13.2 Å². The first-order valence-electron chi connectivity index (χ1n) is 3.96. The Morgan fingerprint density at radius 1 is 1.69 bits per heavy atom. The van der Waals surface area contributed by atoms with Crippen LogP contribution < -0.4 is 0 Å². The normalized spacial score (nSPS) is 21.5. The molecule has 13 heavy (non-hydrogen) atoms. The molecule has 1 atom stereocenters. The number of ether oxygens (including phenoxy) is 2. The van der Waals surface area contributed by atoms with Crippen molar-refractivity contribution in [3.8, 4) is 0 Å². The fourth-order valence-electron chi connectivity index (χ4n) is 0.979. The molecule has 0 aliphatic carbocycles. The van der Waals surface area contributed by atoms with Gasteiger partial charge in [0, 0.05) is 6.42 Å². The molecule has 0 amide bonds. The van der Waals surface area contributed by atoms with Gasteiger partial charge in [-0.3, -0.25) is 9.59 Å². The van der Waals surface area contributed by atoms with Crippen molar-refractivity contribution in [2.24, 2.45) is 5.92 Å². The van der Waals surface area contributed by atoms with E-state index < -0.39 is 11.9 Å². The van der Waals surface area contributed by atoms with Crippen LogP contribution in [-0.4, -0.2) is 37.9 Å². The van der Waals surface area contributed by atoms with Crippen LogP contribution in [0.1, 0.15) is 6.42 Å². The highest BCUT2D eigenvalue weighted by Gasteiger charge is 2.33. The van der Waals surface area contributed by atoms with Gasteiger partial charge in [-0.15, -0.1) is 0 Å². The molecule has 0 aromatic rings. The van der Waals surface area contributed by atoms with Crippen LogP contribution in [0.2, 0.25) is 0 Å². The fourth-order valence-corrected chi connectivity index (χ4v) is 0.979. The van der Waals surface area contributed by atoms with Crippen LogP contribution in [0, 0.1) is 5.92 Å². The minimum Gasteiger partial charge on any atom is -0.465 e. The maximum absolute atomic E-state index is 11.1. The zero-order chi connectivity index (χ0) is 9.68. The highest BCUT2D eigenvalue weighted by molar-refractivity contribution is 6.00. The smallest absolute Gasteiger partial charge is 0.318 e. The average molecular weight is 186 g/mol. The third-order valence-electron chi connectivity index (χ3n) is 1.68. The molecule has 1 aliphatic rings. The van der Waals surface area contributed by atoms with E-state index in [-0.39, 0.29) is 32.0 Å². The predicted molar refractivity (Wildman–Crippen MR) is 41.0 cm³/mol. The second-order valence-corrected chi connectivity index (χ2v) is 2.66. The largest absolute Gasteiger partial charge is 0.465 e. The van der Waals surface area contributed by atoms with Gasteiger partial charge in [0.2, 0.25) is 0 Å². The van der Waals surface area contributed by atoms with E-state index in [1.807, 2.05) is 0 Å². The van der Waals surface area contributed by atoms with Crippen molar-refractivity contribution in [1.82, 2.24) is 0 Å². The van der Waals surface area contributed by atoms with Crippen molar-refractivity contribution in [2.75, 3.05) is 19.8 Å². The first-order chi connectivity index (χ1) is 6.25. The topological polar surface area (TPSA) is 69.7 Å². The number of hydrogen-bond acceptors (Lipinski definition) is 5. The molecule has 1 saturated heterocycles. The van der Waals surface area contributed by atoms with Gasteiger partial charge < -0.3 is 14.3 Å². The predicted octanol–water partition coefficient (Wildman–Crippen LogP) is -0.666. The summed E-state index contributed by atoms with van der Waals surface area (Å²) in [4.78, 5) is 31.9. The quantitative estimate of drug-likeness (QED) is 0.252. The van der Waals surface area contributed by atoms with E-state index in [1.165, 1.54) is 0 Å². The Labute approximate surface area is 75.0 Å². The van der Waals surface area contributed by atoms with Crippen molar-refractivity contribution >= 4 is 18.0 Å². The number of esters is 1. The molecule has 0 aromatic carbocycles. The highest BCUT2D eigenvalue weighted by atomic mass is 16.5. The molecule has 1 aliphatic heterocycles. The highest BCUT2D eigenvalue weighted by Crippen LogP contribution is 2.10. The van der Waals surface area contributed by atoms with Crippen LogP contribution in [0.5, 0.6) is 0 Å². The number of ketones is 1. The van der Waals surface area contributed by atoms with E-state index in [4.69, 9.17) is 4.74 Å². The van der Waals surface area contributed by atoms with Crippen LogP contribution >= 0.6 is 0 Å². The van der Waals surface area contributed by atoms with Gasteiger partial charge in [-0.05, 0) is 0 Å². The van der Waals surface area contributed by atoms with Crippen molar-refractivity contribution in [3.63, 3.8) is 0 Å². The molecule has 0 aromatic heterocycles. The molecule has 1 fully saturated rings. The van der Waals surface area contributed by atoms with Crippen molar-refractivity contribution in [2.45, 2.75) is 6.42 Å². The van der Waals surface area contributed by atoms with E-state index in [1.54, 1.807) is 0 Å². The summed E-state index contributed by atoms with van der Waals surface area (Å²) in [7, 11) is 0. The Kier molecular flexibility index (Phi) is 3.57. The zero-order valence-corrected chi connectivity index (χ0v) is 7.02. The van der Waals surface area contributed by atoms with Crippen LogP contribution in [0.15, 0.2) is 0 Å². The van der Waals surface area contributed by atoms with Crippen LogP contribution in [0.4, 0.5) is 0 Å². The summed E-state index contributed by atoms with van der Waals surface area (Å²) in [6, 6.07) is 0. The van der Waals surface area contributed by atoms with Crippen molar-refractivity contribution in [3.05, 3.63) is 0 Å². The third kappa shape index (κ3) is 2.62. The third-order valence-corrected chi connectivity index (χ3v) is 1.68. The van der Waals surface area contributed by atoms with Crippen LogP contribution in [0.25, 0.3) is 0 Å². The SMILES string of the molecule is O=CCCOC(=O)C1COCC1=O. The van der Waals surface area contributed by atoms with E-state index in [9.17, 15) is 14.4 Å². The van der Waals surface area contributed by atoms with Crippen molar-refractivity contribution in [1.29, 1.82) is 0 Å². The lowest BCUT2D eigenvalue weighted by Crippen LogP contribution is -2.24. The van der Waals surface area contributed by atoms with Gasteiger partial charge in [0.25, 0.3) is 0 Å². The summed E-state index contributed by atoms with van der Waals surface area (Å²) in [6.07, 6.45) is 0.813. The fraction of sp³-hybridized carbons (Fsp3) is 0.625. The molecule has 1 unspecified atom stereocenters. The van der Waals surface area contributed by atoms with Crippen molar-refractivity contribution < 1.29 is 23.9 Å². The number of rotatable bonds is 4. The van der Waals surface area contributed by atoms with E-state index in [2.05, 4.69) is 4.74 Å². The van der Waals surface area contributed by atoms with Gasteiger partial charge >= 0.3 is 5.97 Å². The van der Waals surface area contributed by atoms with Gasteiger partial charge in [-0.1, -0.05) is 0 Å². The summed E-state index contributed by atoms with van der Waals surface area (Å²) in [5, 5.41) is 0. The van der Waals surface area contributed by atoms with Crippen LogP contribution in [-0.2, 0) is 23.9 Å². The molecule has 5 nitrogen and oxygen atoms in total. The summed E-state index contributed by atoms with van der Waals surface area (Å²) < 4.78 is 9.44. The Morgan fingerprint density at radius 3 is 3.00 bits per heavy atom. The maximum atomic E-state index is 11.1. The second kappa shape index (κ2) is 4.71. The Hall–Kier alpha value is -1.23. The summed E-state index contributed by atoms with van der Waals surface area (Å²) >= 11 is 0. The molecule has 0 bridgehead atoms. The second-order valence-electron chi connectivity index (χ2n) is 2.66. The molecule has 0 spiro atoms. The number of carbonyl (C=O) groups excluding carboxylic acids is 3. The maximum Gasteiger partial charge on any atom is 0.318 e. The number of hydrogen-bond donors (Lipinski definition) is 0. The standard InChI is InChI=1S/C8H10O5/c9-2-1-3-13-8(11)6-4-12-5-7(6)10/h2,6H,1,3-5H2. The Balaban J connectivity index is 2.30. The van der Waals surface area contributed by atoms with E-state index >= 15 is 0 Å². The lowest BCUT2D eigenvalue weighted by atomic mass is 10.1. The van der Waals surface area contributed by atoms with E-state index in [0.717, 1.165) is 0 Å². The van der Waals surface area contributed by atoms with Gasteiger partial charge in [0.15, 0.2) is 5.78 Å². The number of aldehydes is 1. The molecule has 72 valence electrons. The van der Waals surface area contributed by atoms with Gasteiger partial charge in [-0.25, -0.2) is 0 Å². The molecule has 5 heteroatoms. The summed E-state index contributed by atoms with van der Waals surface area (Å²) in [5.74, 6) is -1.63. The Bertz CT molecular complexity index is 223. The first kappa shape index (κ1) is 9.85.